The van der Waals surface area contributed by atoms with E-state index in [1.807, 2.05) is 6.07 Å². The highest BCUT2D eigenvalue weighted by atomic mass is 79.9. The Morgan fingerprint density at radius 3 is 2.75 bits per heavy atom. The van der Waals surface area contributed by atoms with E-state index in [1.54, 1.807) is 42.5 Å². The van der Waals surface area contributed by atoms with Crippen LogP contribution in [0.15, 0.2) is 46.9 Å². The summed E-state index contributed by atoms with van der Waals surface area (Å²) >= 11 is 3.32. The predicted molar refractivity (Wildman–Crippen MR) is 79.5 cm³/mol. The second-order valence-corrected chi connectivity index (χ2v) is 4.92. The van der Waals surface area contributed by atoms with Crippen molar-refractivity contribution in [3.05, 3.63) is 58.1 Å². The molecule has 0 saturated heterocycles. The van der Waals surface area contributed by atoms with E-state index in [-0.39, 0.29) is 12.4 Å². The maximum absolute atomic E-state index is 12.5. The van der Waals surface area contributed by atoms with Crippen molar-refractivity contribution < 1.29 is 9.53 Å². The van der Waals surface area contributed by atoms with Gasteiger partial charge in [0.15, 0.2) is 12.4 Å². The van der Waals surface area contributed by atoms with Crippen molar-refractivity contribution in [3.63, 3.8) is 0 Å². The fraction of sp³-hybridized carbons (Fsp3) is 0.0667. The summed E-state index contributed by atoms with van der Waals surface area (Å²) in [5.41, 5.74) is 7.02. The molecular formula is C15H11BrN2O2. The maximum atomic E-state index is 12.5. The highest BCUT2D eigenvalue weighted by Crippen LogP contribution is 2.26. The molecule has 2 N–H and O–H groups in total. The molecule has 0 amide bonds. The van der Waals surface area contributed by atoms with Gasteiger partial charge in [0.05, 0.1) is 5.56 Å². The minimum absolute atomic E-state index is 0.113. The third-order valence-electron chi connectivity index (χ3n) is 2.68. The summed E-state index contributed by atoms with van der Waals surface area (Å²) in [7, 11) is 0. The van der Waals surface area contributed by atoms with Gasteiger partial charge in [-0.2, -0.15) is 5.26 Å². The molecule has 0 aliphatic carbocycles. The minimum atomic E-state index is -0.239. The van der Waals surface area contributed by atoms with E-state index in [4.69, 9.17) is 15.7 Å². The number of anilines is 1. The van der Waals surface area contributed by atoms with Crippen molar-refractivity contribution in [1.29, 1.82) is 5.26 Å². The molecule has 0 aliphatic heterocycles. The zero-order valence-corrected chi connectivity index (χ0v) is 12.1. The fourth-order valence-corrected chi connectivity index (χ4v) is 2.12. The Kier molecular flexibility index (Phi) is 4.38. The van der Waals surface area contributed by atoms with Gasteiger partial charge in [0, 0.05) is 15.7 Å². The summed E-state index contributed by atoms with van der Waals surface area (Å²) in [4.78, 5) is 12.5. The Bertz CT molecular complexity index is 693. The van der Waals surface area contributed by atoms with Gasteiger partial charge in [0.2, 0.25) is 0 Å². The number of benzene rings is 2. The largest absolute Gasteiger partial charge is 0.478 e. The number of hydrogen-bond donors (Lipinski definition) is 1. The average Bonchev–Trinajstić information content (AvgIpc) is 2.47. The number of ether oxygens (including phenoxy) is 1. The molecular weight excluding hydrogens is 320 g/mol. The van der Waals surface area contributed by atoms with Crippen molar-refractivity contribution in [3.8, 4) is 11.8 Å². The number of nitriles is 1. The number of carbonyl (C=O) groups excluding carboxylic acids is 1. The summed E-state index contributed by atoms with van der Waals surface area (Å²) in [6, 6.07) is 13.8. The van der Waals surface area contributed by atoms with E-state index in [1.165, 1.54) is 0 Å². The van der Waals surface area contributed by atoms with E-state index in [0.29, 0.717) is 22.6 Å². The lowest BCUT2D eigenvalue weighted by atomic mass is 10.0. The Balaban J connectivity index is 2.43. The maximum Gasteiger partial charge on any atom is 0.198 e. The van der Waals surface area contributed by atoms with Gasteiger partial charge in [0.1, 0.15) is 11.8 Å². The van der Waals surface area contributed by atoms with Gasteiger partial charge in [-0.15, -0.1) is 0 Å². The third-order valence-corrected chi connectivity index (χ3v) is 3.18. The van der Waals surface area contributed by atoms with Crippen LogP contribution in [0.25, 0.3) is 0 Å². The van der Waals surface area contributed by atoms with Crippen molar-refractivity contribution >= 4 is 27.4 Å². The molecule has 4 nitrogen and oxygen atoms in total. The number of para-hydroxylation sites is 1. The summed E-state index contributed by atoms with van der Waals surface area (Å²) in [5, 5.41) is 8.57. The van der Waals surface area contributed by atoms with Crippen LogP contribution >= 0.6 is 15.9 Å². The number of nitrogens with two attached hydrogens (primary N) is 1. The molecule has 0 aromatic heterocycles. The van der Waals surface area contributed by atoms with E-state index in [2.05, 4.69) is 15.9 Å². The first-order valence-electron chi connectivity index (χ1n) is 5.82. The van der Waals surface area contributed by atoms with Gasteiger partial charge in [-0.25, -0.2) is 0 Å². The van der Waals surface area contributed by atoms with Crippen LogP contribution in [0.4, 0.5) is 5.69 Å². The smallest absolute Gasteiger partial charge is 0.198 e. The molecule has 0 aliphatic rings. The highest BCUT2D eigenvalue weighted by Gasteiger charge is 2.17. The Labute approximate surface area is 124 Å². The van der Waals surface area contributed by atoms with Crippen LogP contribution in [0.3, 0.4) is 0 Å². The summed E-state index contributed by atoms with van der Waals surface area (Å²) in [5.74, 6) is 0.135. The monoisotopic (exact) mass is 330 g/mol. The average molecular weight is 331 g/mol. The van der Waals surface area contributed by atoms with Crippen molar-refractivity contribution in [1.82, 2.24) is 0 Å². The SMILES string of the molecule is N#CCOc1ccccc1C(=O)c1cc(Br)ccc1N. The van der Waals surface area contributed by atoms with Crippen LogP contribution in [0.2, 0.25) is 0 Å². The van der Waals surface area contributed by atoms with Crippen LogP contribution < -0.4 is 10.5 Å². The number of hydrogen-bond acceptors (Lipinski definition) is 4. The number of nitrogen functional groups attached to an aromatic ring is 1. The molecule has 2 aromatic carbocycles. The standard InChI is InChI=1S/C15H11BrN2O2/c16-10-5-6-13(18)12(9-10)15(19)11-3-1-2-4-14(11)20-8-7-17/h1-6,9H,8,18H2. The molecule has 20 heavy (non-hydrogen) atoms. The second-order valence-electron chi connectivity index (χ2n) is 4.00. The van der Waals surface area contributed by atoms with Gasteiger partial charge in [0.25, 0.3) is 0 Å². The topological polar surface area (TPSA) is 76.1 Å². The molecule has 0 atom stereocenters. The van der Waals surface area contributed by atoms with E-state index in [0.717, 1.165) is 4.47 Å². The zero-order valence-electron chi connectivity index (χ0n) is 10.5. The number of halogens is 1. The molecule has 2 aromatic rings. The summed E-state index contributed by atoms with van der Waals surface area (Å²) in [6.45, 7) is -0.113. The van der Waals surface area contributed by atoms with Crippen molar-refractivity contribution in [2.24, 2.45) is 0 Å². The molecule has 2 rings (SSSR count). The van der Waals surface area contributed by atoms with Crippen LogP contribution in [0, 0.1) is 11.3 Å². The second kappa shape index (κ2) is 6.22. The van der Waals surface area contributed by atoms with Gasteiger partial charge >= 0.3 is 0 Å². The first-order valence-corrected chi connectivity index (χ1v) is 6.61. The number of nitrogens with zero attached hydrogens (tertiary/aromatic N) is 1. The molecule has 0 heterocycles. The van der Waals surface area contributed by atoms with E-state index < -0.39 is 0 Å². The molecule has 0 bridgehead atoms. The minimum Gasteiger partial charge on any atom is -0.478 e. The summed E-state index contributed by atoms with van der Waals surface area (Å²) < 4.78 is 6.03. The quantitative estimate of drug-likeness (QED) is 0.690. The Morgan fingerprint density at radius 2 is 2.00 bits per heavy atom. The van der Waals surface area contributed by atoms with E-state index in [9.17, 15) is 4.79 Å². The van der Waals surface area contributed by atoms with Gasteiger partial charge in [-0.3, -0.25) is 4.79 Å². The number of rotatable bonds is 4. The lowest BCUT2D eigenvalue weighted by Crippen LogP contribution is -2.08. The fourth-order valence-electron chi connectivity index (χ4n) is 1.76. The molecule has 0 saturated carbocycles. The van der Waals surface area contributed by atoms with Gasteiger partial charge < -0.3 is 10.5 Å². The van der Waals surface area contributed by atoms with Crippen LogP contribution in [0.1, 0.15) is 15.9 Å². The number of carbonyl (C=O) groups is 1. The molecule has 0 radical (unpaired) electrons. The Hall–Kier alpha value is -2.32. The van der Waals surface area contributed by atoms with Gasteiger partial charge in [-0.1, -0.05) is 28.1 Å². The predicted octanol–water partition coefficient (Wildman–Crippen LogP) is 3.16. The van der Waals surface area contributed by atoms with Crippen LogP contribution in [-0.2, 0) is 0 Å². The number of ketones is 1. The molecule has 100 valence electrons. The molecule has 5 heteroatoms. The van der Waals surface area contributed by atoms with Crippen LogP contribution in [-0.4, -0.2) is 12.4 Å². The normalized spacial score (nSPS) is 9.80. The third kappa shape index (κ3) is 2.98. The Morgan fingerprint density at radius 1 is 1.25 bits per heavy atom. The van der Waals surface area contributed by atoms with Gasteiger partial charge in [-0.05, 0) is 30.3 Å². The lowest BCUT2D eigenvalue weighted by Gasteiger charge is -2.10. The molecule has 0 unspecified atom stereocenters. The van der Waals surface area contributed by atoms with E-state index >= 15 is 0 Å². The summed E-state index contributed by atoms with van der Waals surface area (Å²) in [6.07, 6.45) is 0. The molecule has 0 fully saturated rings. The zero-order chi connectivity index (χ0) is 14.5. The first-order chi connectivity index (χ1) is 9.63. The molecule has 0 spiro atoms. The first kappa shape index (κ1) is 14.1. The lowest BCUT2D eigenvalue weighted by molar-refractivity contribution is 0.103. The van der Waals surface area contributed by atoms with Crippen molar-refractivity contribution in [2.45, 2.75) is 0 Å². The van der Waals surface area contributed by atoms with Crippen molar-refractivity contribution in [2.75, 3.05) is 12.3 Å². The van der Waals surface area contributed by atoms with Crippen LogP contribution in [0.5, 0.6) is 5.75 Å². The highest BCUT2D eigenvalue weighted by molar-refractivity contribution is 9.10.